The van der Waals surface area contributed by atoms with Crippen LogP contribution in [0.3, 0.4) is 0 Å². The first-order chi connectivity index (χ1) is 10.4. The average Bonchev–Trinajstić information content (AvgIpc) is 2.44. The van der Waals surface area contributed by atoms with E-state index in [0.717, 1.165) is 0 Å². The third kappa shape index (κ3) is 4.51. The molecule has 1 aromatic heterocycles. The molecular weight excluding hydrogens is 283 g/mol. The summed E-state index contributed by atoms with van der Waals surface area (Å²) >= 11 is 0. The number of halogens is 1. The van der Waals surface area contributed by atoms with Crippen LogP contribution in [0.1, 0.15) is 30.0 Å². The lowest BCUT2D eigenvalue weighted by Gasteiger charge is -2.10. The van der Waals surface area contributed by atoms with Gasteiger partial charge in [0, 0.05) is 17.9 Å². The zero-order valence-electron chi connectivity index (χ0n) is 12.9. The maximum Gasteiger partial charge on any atom is 0.274 e. The number of carbonyl (C=O) groups is 1. The highest BCUT2D eigenvalue weighted by Gasteiger charge is 2.11. The van der Waals surface area contributed by atoms with Gasteiger partial charge in [-0.1, -0.05) is 19.9 Å². The van der Waals surface area contributed by atoms with Gasteiger partial charge in [0.2, 0.25) is 5.95 Å². The summed E-state index contributed by atoms with van der Waals surface area (Å²) < 4.78 is 13.1. The summed E-state index contributed by atoms with van der Waals surface area (Å²) in [5, 5.41) is 5.71. The van der Waals surface area contributed by atoms with Crippen molar-refractivity contribution in [3.63, 3.8) is 0 Å². The van der Waals surface area contributed by atoms with Crippen molar-refractivity contribution in [3.05, 3.63) is 47.5 Å². The number of hydrogen-bond acceptors (Lipinski definition) is 4. The molecule has 0 unspecified atom stereocenters. The SMILES string of the molecule is Cc1cc(C(=O)Nc2cccc(F)c2)nc(NCC(C)C)n1. The lowest BCUT2D eigenvalue weighted by Crippen LogP contribution is -2.17. The van der Waals surface area contributed by atoms with Crippen LogP contribution in [-0.4, -0.2) is 22.4 Å². The van der Waals surface area contributed by atoms with E-state index in [1.165, 1.54) is 18.2 Å². The molecule has 1 aromatic carbocycles. The number of aryl methyl sites for hydroxylation is 1. The molecule has 0 spiro atoms. The highest BCUT2D eigenvalue weighted by Crippen LogP contribution is 2.12. The second kappa shape index (κ2) is 6.98. The summed E-state index contributed by atoms with van der Waals surface area (Å²) in [6.07, 6.45) is 0. The molecule has 0 aliphatic heterocycles. The molecule has 2 N–H and O–H groups in total. The lowest BCUT2D eigenvalue weighted by atomic mass is 10.2. The number of nitrogens with one attached hydrogen (secondary N) is 2. The van der Waals surface area contributed by atoms with Gasteiger partial charge in [-0.3, -0.25) is 4.79 Å². The van der Waals surface area contributed by atoms with Crippen LogP contribution in [0.15, 0.2) is 30.3 Å². The van der Waals surface area contributed by atoms with Crippen molar-refractivity contribution in [2.24, 2.45) is 5.92 Å². The Morgan fingerprint density at radius 2 is 2.05 bits per heavy atom. The summed E-state index contributed by atoms with van der Waals surface area (Å²) in [4.78, 5) is 20.7. The molecule has 0 aliphatic rings. The zero-order valence-corrected chi connectivity index (χ0v) is 12.9. The van der Waals surface area contributed by atoms with Crippen LogP contribution in [0, 0.1) is 18.7 Å². The Bertz CT molecular complexity index is 673. The third-order valence-corrected chi connectivity index (χ3v) is 2.84. The highest BCUT2D eigenvalue weighted by molar-refractivity contribution is 6.03. The fourth-order valence-corrected chi connectivity index (χ4v) is 1.82. The van der Waals surface area contributed by atoms with Crippen molar-refractivity contribution in [1.29, 1.82) is 0 Å². The van der Waals surface area contributed by atoms with Gasteiger partial charge < -0.3 is 10.6 Å². The molecule has 5 nitrogen and oxygen atoms in total. The Balaban J connectivity index is 2.15. The lowest BCUT2D eigenvalue weighted by molar-refractivity contribution is 0.102. The number of hydrogen-bond donors (Lipinski definition) is 2. The molecule has 6 heteroatoms. The van der Waals surface area contributed by atoms with E-state index in [1.54, 1.807) is 19.1 Å². The Hall–Kier alpha value is -2.50. The standard InChI is InChI=1S/C16H19FN4O/c1-10(2)9-18-16-19-11(3)7-14(21-16)15(22)20-13-6-4-5-12(17)8-13/h4-8,10H,9H2,1-3H3,(H,20,22)(H,18,19,21). The van der Waals surface area contributed by atoms with E-state index < -0.39 is 11.7 Å². The molecule has 116 valence electrons. The van der Waals surface area contributed by atoms with E-state index in [4.69, 9.17) is 0 Å². The minimum absolute atomic E-state index is 0.239. The smallest absolute Gasteiger partial charge is 0.274 e. The van der Waals surface area contributed by atoms with E-state index >= 15 is 0 Å². The summed E-state index contributed by atoms with van der Waals surface area (Å²) in [5.41, 5.74) is 1.31. The van der Waals surface area contributed by atoms with Crippen LogP contribution in [0.5, 0.6) is 0 Å². The normalized spacial score (nSPS) is 10.6. The second-order valence-electron chi connectivity index (χ2n) is 5.46. The molecule has 0 radical (unpaired) electrons. The molecule has 22 heavy (non-hydrogen) atoms. The second-order valence-corrected chi connectivity index (χ2v) is 5.46. The van der Waals surface area contributed by atoms with Crippen LogP contribution in [0.4, 0.5) is 16.0 Å². The summed E-state index contributed by atoms with van der Waals surface area (Å²) in [7, 11) is 0. The van der Waals surface area contributed by atoms with Crippen molar-refractivity contribution in [1.82, 2.24) is 9.97 Å². The fraction of sp³-hybridized carbons (Fsp3) is 0.312. The molecule has 0 bridgehead atoms. The zero-order chi connectivity index (χ0) is 16.1. The molecule has 2 aromatic rings. The number of nitrogens with zero attached hydrogens (tertiary/aromatic N) is 2. The predicted octanol–water partition coefficient (Wildman–Crippen LogP) is 3.24. The van der Waals surface area contributed by atoms with Gasteiger partial charge >= 0.3 is 0 Å². The highest BCUT2D eigenvalue weighted by atomic mass is 19.1. The van der Waals surface area contributed by atoms with Gasteiger partial charge in [0.05, 0.1) is 0 Å². The van der Waals surface area contributed by atoms with Crippen molar-refractivity contribution in [2.45, 2.75) is 20.8 Å². The van der Waals surface area contributed by atoms with Gasteiger partial charge in [-0.25, -0.2) is 14.4 Å². The molecule has 1 amide bonds. The molecule has 1 heterocycles. The maximum absolute atomic E-state index is 13.1. The molecule has 0 fully saturated rings. The van der Waals surface area contributed by atoms with Gasteiger partial charge in [0.25, 0.3) is 5.91 Å². The van der Waals surface area contributed by atoms with Crippen molar-refractivity contribution in [3.8, 4) is 0 Å². The van der Waals surface area contributed by atoms with E-state index in [1.807, 2.05) is 0 Å². The molecule has 0 saturated carbocycles. The molecule has 2 rings (SSSR count). The van der Waals surface area contributed by atoms with E-state index in [2.05, 4.69) is 34.4 Å². The van der Waals surface area contributed by atoms with Gasteiger partial charge in [-0.05, 0) is 37.1 Å². The van der Waals surface area contributed by atoms with Crippen molar-refractivity contribution >= 4 is 17.5 Å². The average molecular weight is 302 g/mol. The first kappa shape index (κ1) is 15.9. The summed E-state index contributed by atoms with van der Waals surface area (Å²) in [6.45, 7) is 6.65. The van der Waals surface area contributed by atoms with E-state index in [0.29, 0.717) is 29.8 Å². The number of aromatic nitrogens is 2. The maximum atomic E-state index is 13.1. The topological polar surface area (TPSA) is 66.9 Å². The number of benzene rings is 1. The Morgan fingerprint density at radius 1 is 1.27 bits per heavy atom. The van der Waals surface area contributed by atoms with Crippen molar-refractivity contribution in [2.75, 3.05) is 17.2 Å². The minimum atomic E-state index is -0.407. The van der Waals surface area contributed by atoms with Crippen LogP contribution < -0.4 is 10.6 Å². The van der Waals surface area contributed by atoms with Crippen LogP contribution >= 0.6 is 0 Å². The van der Waals surface area contributed by atoms with Gasteiger partial charge in [0.1, 0.15) is 11.5 Å². The van der Waals surface area contributed by atoms with Crippen LogP contribution in [-0.2, 0) is 0 Å². The number of anilines is 2. The Kier molecular flexibility index (Phi) is 5.04. The molecule has 0 atom stereocenters. The number of carbonyl (C=O) groups excluding carboxylic acids is 1. The van der Waals surface area contributed by atoms with E-state index in [9.17, 15) is 9.18 Å². The fourth-order valence-electron chi connectivity index (χ4n) is 1.82. The van der Waals surface area contributed by atoms with Gasteiger partial charge in [-0.15, -0.1) is 0 Å². The Morgan fingerprint density at radius 3 is 2.73 bits per heavy atom. The van der Waals surface area contributed by atoms with E-state index in [-0.39, 0.29) is 5.69 Å². The predicted molar refractivity (Wildman–Crippen MR) is 84.4 cm³/mol. The van der Waals surface area contributed by atoms with Crippen LogP contribution in [0.2, 0.25) is 0 Å². The largest absolute Gasteiger partial charge is 0.354 e. The molecule has 0 aliphatic carbocycles. The third-order valence-electron chi connectivity index (χ3n) is 2.84. The van der Waals surface area contributed by atoms with Gasteiger partial charge in [0.15, 0.2) is 0 Å². The Labute approximate surface area is 129 Å². The first-order valence-corrected chi connectivity index (χ1v) is 7.10. The van der Waals surface area contributed by atoms with Crippen molar-refractivity contribution < 1.29 is 9.18 Å². The number of amides is 1. The molecular formula is C16H19FN4O. The number of rotatable bonds is 5. The quantitative estimate of drug-likeness (QED) is 0.889. The summed E-state index contributed by atoms with van der Waals surface area (Å²) in [5.74, 6) is 0.0476. The minimum Gasteiger partial charge on any atom is -0.354 e. The van der Waals surface area contributed by atoms with Crippen LogP contribution in [0.25, 0.3) is 0 Å². The monoisotopic (exact) mass is 302 g/mol. The van der Waals surface area contributed by atoms with Gasteiger partial charge in [-0.2, -0.15) is 0 Å². The first-order valence-electron chi connectivity index (χ1n) is 7.10. The summed E-state index contributed by atoms with van der Waals surface area (Å²) in [6, 6.07) is 7.32. The molecule has 0 saturated heterocycles.